The maximum atomic E-state index is 12.0. The van der Waals surface area contributed by atoms with Crippen molar-refractivity contribution >= 4 is 24.2 Å². The zero-order valence-corrected chi connectivity index (χ0v) is 20.3. The number of rotatable bonds is 12. The summed E-state index contributed by atoms with van der Waals surface area (Å²) in [5.41, 5.74) is 0.468. The van der Waals surface area contributed by atoms with Crippen molar-refractivity contribution in [3.05, 3.63) is 23.8 Å². The van der Waals surface area contributed by atoms with Crippen LogP contribution in [0, 0.1) is 0 Å². The van der Waals surface area contributed by atoms with Crippen LogP contribution in [0.5, 0.6) is 11.5 Å². The van der Waals surface area contributed by atoms with Crippen LogP contribution in [0.3, 0.4) is 0 Å². The number of benzene rings is 1. The van der Waals surface area contributed by atoms with E-state index in [0.29, 0.717) is 5.56 Å². The number of esters is 1. The van der Waals surface area contributed by atoms with Crippen LogP contribution in [0.1, 0.15) is 53.5 Å². The van der Waals surface area contributed by atoms with Crippen LogP contribution < -0.4 is 14.8 Å². The van der Waals surface area contributed by atoms with Crippen LogP contribution >= 0.6 is 0 Å². The number of aliphatic carboxylic acids is 1. The molecular weight excluding hydrogens is 450 g/mol. The third kappa shape index (κ3) is 11.0. The van der Waals surface area contributed by atoms with Gasteiger partial charge in [-0.05, 0) is 58.7 Å². The SMILES string of the molecule is CCC(=O)OC(C)CN[C@@H](Cc1ccc(OC(=O)OC(C)C)c(OC(=O)OC(C)C)c1)C(=O)O. The largest absolute Gasteiger partial charge is 0.514 e. The Balaban J connectivity index is 3.03. The van der Waals surface area contributed by atoms with Gasteiger partial charge in [-0.2, -0.15) is 0 Å². The first-order chi connectivity index (χ1) is 15.9. The lowest BCUT2D eigenvalue weighted by Gasteiger charge is -2.19. The van der Waals surface area contributed by atoms with Crippen LogP contribution in [-0.2, 0) is 30.2 Å². The quantitative estimate of drug-likeness (QED) is 0.256. The molecule has 2 N–H and O–H groups in total. The van der Waals surface area contributed by atoms with Crippen molar-refractivity contribution in [1.29, 1.82) is 0 Å². The molecule has 1 unspecified atom stereocenters. The predicted molar refractivity (Wildman–Crippen MR) is 120 cm³/mol. The maximum Gasteiger partial charge on any atom is 0.514 e. The van der Waals surface area contributed by atoms with Crippen LogP contribution in [0.15, 0.2) is 18.2 Å². The van der Waals surface area contributed by atoms with Gasteiger partial charge in [-0.1, -0.05) is 13.0 Å². The molecule has 1 aromatic carbocycles. The van der Waals surface area contributed by atoms with E-state index in [1.165, 1.54) is 18.2 Å². The van der Waals surface area contributed by atoms with Crippen molar-refractivity contribution in [3.63, 3.8) is 0 Å². The van der Waals surface area contributed by atoms with E-state index in [1.807, 2.05) is 0 Å². The Morgan fingerprint density at radius 1 is 0.882 bits per heavy atom. The summed E-state index contributed by atoms with van der Waals surface area (Å²) >= 11 is 0. The summed E-state index contributed by atoms with van der Waals surface area (Å²) in [4.78, 5) is 47.0. The lowest BCUT2D eigenvalue weighted by Crippen LogP contribution is -2.42. The fourth-order valence-corrected chi connectivity index (χ4v) is 2.60. The number of hydrogen-bond acceptors (Lipinski definition) is 10. The Bertz CT molecular complexity index is 852. The molecule has 0 bridgehead atoms. The topological polar surface area (TPSA) is 147 Å². The predicted octanol–water partition coefficient (Wildman–Crippen LogP) is 3.46. The molecule has 11 heteroatoms. The minimum absolute atomic E-state index is 0.00388. The van der Waals surface area contributed by atoms with Gasteiger partial charge >= 0.3 is 24.2 Å². The third-order valence-corrected chi connectivity index (χ3v) is 4.07. The van der Waals surface area contributed by atoms with Crippen LogP contribution in [-0.4, -0.2) is 60.3 Å². The van der Waals surface area contributed by atoms with Gasteiger partial charge in [0, 0.05) is 13.0 Å². The van der Waals surface area contributed by atoms with E-state index < -0.39 is 42.6 Å². The average molecular weight is 484 g/mol. The number of carbonyl (C=O) groups is 4. The molecule has 0 saturated heterocycles. The van der Waals surface area contributed by atoms with Gasteiger partial charge in [0.05, 0.1) is 12.2 Å². The number of carbonyl (C=O) groups excluding carboxylic acids is 3. The van der Waals surface area contributed by atoms with Crippen LogP contribution in [0.2, 0.25) is 0 Å². The minimum atomic E-state index is -1.13. The van der Waals surface area contributed by atoms with E-state index in [0.717, 1.165) is 0 Å². The highest BCUT2D eigenvalue weighted by atomic mass is 16.7. The molecule has 1 aromatic rings. The smallest absolute Gasteiger partial charge is 0.480 e. The second-order valence-electron chi connectivity index (χ2n) is 7.98. The molecule has 190 valence electrons. The van der Waals surface area contributed by atoms with E-state index in [4.69, 9.17) is 23.7 Å². The summed E-state index contributed by atoms with van der Waals surface area (Å²) in [5.74, 6) is -1.76. The summed E-state index contributed by atoms with van der Waals surface area (Å²) in [7, 11) is 0. The van der Waals surface area contributed by atoms with Gasteiger partial charge in [0.15, 0.2) is 11.5 Å². The first-order valence-electron chi connectivity index (χ1n) is 11.0. The second kappa shape index (κ2) is 14.0. The number of hydrogen-bond donors (Lipinski definition) is 2. The summed E-state index contributed by atoms with van der Waals surface area (Å²) < 4.78 is 25.3. The Labute approximate surface area is 198 Å². The molecule has 11 nitrogen and oxygen atoms in total. The number of carboxylic acid groups (broad SMARTS) is 1. The molecule has 1 rings (SSSR count). The van der Waals surface area contributed by atoms with Crippen LogP contribution in [0.4, 0.5) is 9.59 Å². The summed E-state index contributed by atoms with van der Waals surface area (Å²) in [6.07, 6.45) is -3.20. The van der Waals surface area contributed by atoms with Gasteiger partial charge in [0.25, 0.3) is 0 Å². The number of carboxylic acids is 1. The van der Waals surface area contributed by atoms with Gasteiger partial charge in [-0.15, -0.1) is 0 Å². The van der Waals surface area contributed by atoms with E-state index in [9.17, 15) is 24.3 Å². The first-order valence-corrected chi connectivity index (χ1v) is 11.0. The Morgan fingerprint density at radius 3 is 1.94 bits per heavy atom. The van der Waals surface area contributed by atoms with E-state index >= 15 is 0 Å². The van der Waals surface area contributed by atoms with Crippen molar-refractivity contribution in [1.82, 2.24) is 5.32 Å². The standard InChI is InChI=1S/C23H33NO10/c1-7-20(25)32-15(6)12-24-17(21(26)27)10-16-8-9-18(33-22(28)30-13(2)3)19(11-16)34-23(29)31-14(4)5/h8-9,11,13-15,17,24H,7,10,12H2,1-6H3,(H,26,27)/t15?,17-/m0/s1. The van der Waals surface area contributed by atoms with Crippen molar-refractivity contribution in [3.8, 4) is 11.5 Å². The number of nitrogens with one attached hydrogen (secondary N) is 1. The van der Waals surface area contributed by atoms with E-state index in [2.05, 4.69) is 5.32 Å². The second-order valence-corrected chi connectivity index (χ2v) is 7.98. The monoisotopic (exact) mass is 483 g/mol. The molecule has 0 aliphatic heterocycles. The Kier molecular flexibility index (Phi) is 11.8. The van der Waals surface area contributed by atoms with Crippen LogP contribution in [0.25, 0.3) is 0 Å². The minimum Gasteiger partial charge on any atom is -0.480 e. The molecule has 0 aliphatic carbocycles. The molecule has 0 saturated carbocycles. The Hall–Kier alpha value is -3.34. The third-order valence-electron chi connectivity index (χ3n) is 4.07. The zero-order valence-electron chi connectivity index (χ0n) is 20.3. The first kappa shape index (κ1) is 28.7. The molecule has 0 aromatic heterocycles. The highest BCUT2D eigenvalue weighted by Crippen LogP contribution is 2.30. The van der Waals surface area contributed by atoms with E-state index in [-0.39, 0.29) is 36.9 Å². The lowest BCUT2D eigenvalue weighted by molar-refractivity contribution is -0.147. The van der Waals surface area contributed by atoms with Crippen molar-refractivity contribution < 1.29 is 48.0 Å². The molecule has 0 radical (unpaired) electrons. The zero-order chi connectivity index (χ0) is 25.8. The highest BCUT2D eigenvalue weighted by Gasteiger charge is 2.22. The normalized spacial score (nSPS) is 12.6. The molecule has 0 aliphatic rings. The molecule has 0 fully saturated rings. The number of ether oxygens (including phenoxy) is 5. The van der Waals surface area contributed by atoms with Gasteiger partial charge in [-0.3, -0.25) is 9.59 Å². The van der Waals surface area contributed by atoms with Gasteiger partial charge in [0.2, 0.25) is 0 Å². The molecular formula is C23H33NO10. The van der Waals surface area contributed by atoms with Crippen molar-refractivity contribution in [2.45, 2.75) is 78.7 Å². The molecule has 0 spiro atoms. The van der Waals surface area contributed by atoms with Crippen molar-refractivity contribution in [2.24, 2.45) is 0 Å². The summed E-state index contributed by atoms with van der Waals surface area (Å²) in [6.45, 7) is 9.99. The fourth-order valence-electron chi connectivity index (χ4n) is 2.60. The molecule has 0 heterocycles. The maximum absolute atomic E-state index is 12.0. The lowest BCUT2D eigenvalue weighted by atomic mass is 10.0. The summed E-state index contributed by atoms with van der Waals surface area (Å²) in [6, 6.07) is 3.23. The van der Waals surface area contributed by atoms with Crippen molar-refractivity contribution in [2.75, 3.05) is 6.54 Å². The fraction of sp³-hybridized carbons (Fsp3) is 0.565. The van der Waals surface area contributed by atoms with Gasteiger partial charge in [0.1, 0.15) is 12.1 Å². The molecule has 0 amide bonds. The molecule has 34 heavy (non-hydrogen) atoms. The van der Waals surface area contributed by atoms with Gasteiger partial charge < -0.3 is 34.1 Å². The average Bonchev–Trinajstić information content (AvgIpc) is 2.71. The summed E-state index contributed by atoms with van der Waals surface area (Å²) in [5, 5.41) is 12.4. The van der Waals surface area contributed by atoms with Gasteiger partial charge in [-0.25, -0.2) is 9.59 Å². The van der Waals surface area contributed by atoms with E-state index in [1.54, 1.807) is 41.5 Å². The Morgan fingerprint density at radius 2 is 1.44 bits per heavy atom. The molecule has 2 atom stereocenters. The highest BCUT2D eigenvalue weighted by molar-refractivity contribution is 5.74.